The van der Waals surface area contributed by atoms with Gasteiger partial charge in [-0.25, -0.2) is 14.4 Å². The van der Waals surface area contributed by atoms with E-state index in [2.05, 4.69) is 0 Å². The third kappa shape index (κ3) is 8.06. The highest BCUT2D eigenvalue weighted by Gasteiger charge is 2.60. The minimum Gasteiger partial charge on any atom is -0.431 e. The molecule has 0 saturated carbocycles. The van der Waals surface area contributed by atoms with E-state index in [1.807, 2.05) is 20.8 Å². The molecule has 0 aliphatic carbocycles. The molecule has 0 radical (unpaired) electrons. The fourth-order valence-electron chi connectivity index (χ4n) is 5.68. The number of ether oxygens (including phenoxy) is 5. The van der Waals surface area contributed by atoms with Crippen LogP contribution in [0.4, 0.5) is 9.59 Å². The van der Waals surface area contributed by atoms with E-state index in [0.717, 1.165) is 0 Å². The van der Waals surface area contributed by atoms with Gasteiger partial charge in [-0.15, -0.1) is 11.8 Å². The van der Waals surface area contributed by atoms with E-state index in [9.17, 15) is 33.9 Å². The largest absolute Gasteiger partial charge is 0.511 e. The highest BCUT2D eigenvalue weighted by Crippen LogP contribution is 2.52. The normalized spacial score (nSPS) is 24.4. The maximum Gasteiger partial charge on any atom is 0.511 e. The number of hydrogen-bond donors (Lipinski definition) is 1. The number of aliphatic hydroxyl groups is 1. The fourth-order valence-corrected chi connectivity index (χ4v) is 7.20. The van der Waals surface area contributed by atoms with Gasteiger partial charge in [0.2, 0.25) is 25.4 Å². The van der Waals surface area contributed by atoms with E-state index in [1.54, 1.807) is 27.9 Å². The van der Waals surface area contributed by atoms with Gasteiger partial charge in [0, 0.05) is 36.7 Å². The number of carbonyl (C=O) groups is 6. The van der Waals surface area contributed by atoms with Crippen molar-refractivity contribution in [2.75, 3.05) is 34.2 Å². The number of hydrogen-bond acceptors (Lipinski definition) is 13. The highest BCUT2D eigenvalue weighted by molar-refractivity contribution is 8.03. The summed E-state index contributed by atoms with van der Waals surface area (Å²) in [5, 5.41) is 9.89. The van der Waals surface area contributed by atoms with Crippen LogP contribution >= 0.6 is 11.8 Å². The molecule has 3 heterocycles. The molecular weight excluding hydrogens is 626 g/mol. The third-order valence-electron chi connectivity index (χ3n) is 8.21. The van der Waals surface area contributed by atoms with Crippen molar-refractivity contribution in [3.05, 3.63) is 10.6 Å². The first-order valence-electron chi connectivity index (χ1n) is 15.4. The molecule has 0 bridgehead atoms. The summed E-state index contributed by atoms with van der Waals surface area (Å²) >= 11 is 1.23. The van der Waals surface area contributed by atoms with Gasteiger partial charge in [-0.3, -0.25) is 19.3 Å². The molecule has 2 saturated heterocycles. The topological polar surface area (TPSA) is 179 Å². The predicted octanol–water partition coefficient (Wildman–Crippen LogP) is 2.46. The third-order valence-corrected chi connectivity index (χ3v) is 9.71. The summed E-state index contributed by atoms with van der Waals surface area (Å²) < 4.78 is 25.4. The number of fused-ring (bicyclic) bond motifs is 1. The summed E-state index contributed by atoms with van der Waals surface area (Å²) in [6, 6.07) is -1.41. The maximum atomic E-state index is 13.4. The van der Waals surface area contributed by atoms with Crippen LogP contribution in [0.1, 0.15) is 60.8 Å². The lowest BCUT2D eigenvalue weighted by atomic mass is 9.79. The number of β-lactam (4-membered cyclic amide) rings is 1. The number of likely N-dealkylation sites (tertiary alicyclic amines) is 1. The maximum absolute atomic E-state index is 13.4. The average Bonchev–Trinajstić information content (AvgIpc) is 3.52. The van der Waals surface area contributed by atoms with Crippen LogP contribution in [0.2, 0.25) is 0 Å². The molecular formula is C30H45N3O12S. The van der Waals surface area contributed by atoms with Gasteiger partial charge in [0.1, 0.15) is 17.8 Å². The molecule has 3 amide bonds. The molecule has 2 fully saturated rings. The van der Waals surface area contributed by atoms with Gasteiger partial charge >= 0.3 is 24.2 Å². The lowest BCUT2D eigenvalue weighted by Gasteiger charge is -2.46. The molecule has 3 aliphatic rings. The van der Waals surface area contributed by atoms with Crippen molar-refractivity contribution >= 4 is 47.8 Å². The van der Waals surface area contributed by atoms with Gasteiger partial charge in [-0.05, 0) is 26.2 Å². The zero-order valence-electron chi connectivity index (χ0n) is 27.5. The molecule has 0 aromatic rings. The Bertz CT molecular complexity index is 1220. The highest BCUT2D eigenvalue weighted by atomic mass is 32.2. The Morgan fingerprint density at radius 3 is 2.20 bits per heavy atom. The summed E-state index contributed by atoms with van der Waals surface area (Å²) in [6.07, 6.45) is -1.79. The van der Waals surface area contributed by atoms with Crippen molar-refractivity contribution in [2.24, 2.45) is 17.8 Å². The first kappa shape index (κ1) is 36.9. The molecule has 0 spiro atoms. The van der Waals surface area contributed by atoms with Gasteiger partial charge in [0.25, 0.3) is 0 Å². The number of carbonyl (C=O) groups excluding carboxylic acids is 6. The Morgan fingerprint density at radius 2 is 1.63 bits per heavy atom. The van der Waals surface area contributed by atoms with Crippen LogP contribution in [0.5, 0.6) is 0 Å². The van der Waals surface area contributed by atoms with Crippen LogP contribution in [0.25, 0.3) is 0 Å². The van der Waals surface area contributed by atoms with Crippen molar-refractivity contribution in [3.63, 3.8) is 0 Å². The second-order valence-electron chi connectivity index (χ2n) is 12.0. The number of aliphatic hydroxyl groups excluding tert-OH is 1. The summed E-state index contributed by atoms with van der Waals surface area (Å²) in [5.41, 5.74) is -0.0431. The van der Waals surface area contributed by atoms with Crippen molar-refractivity contribution in [1.29, 1.82) is 0 Å². The van der Waals surface area contributed by atoms with Crippen molar-refractivity contribution in [1.82, 2.24) is 14.7 Å². The van der Waals surface area contributed by atoms with Gasteiger partial charge < -0.3 is 38.6 Å². The van der Waals surface area contributed by atoms with Crippen LogP contribution in [0.3, 0.4) is 0 Å². The lowest BCUT2D eigenvalue weighted by Crippen LogP contribution is -2.63. The second kappa shape index (κ2) is 15.8. The fraction of sp³-hybridized carbons (Fsp3) is 0.733. The molecule has 1 N–H and O–H groups in total. The number of esters is 2. The lowest BCUT2D eigenvalue weighted by molar-refractivity contribution is -0.167. The minimum atomic E-state index is -0.995. The minimum absolute atomic E-state index is 0.0431. The zero-order valence-corrected chi connectivity index (χ0v) is 28.4. The quantitative estimate of drug-likeness (QED) is 0.131. The number of thioether (sulfide) groups is 1. The van der Waals surface area contributed by atoms with Crippen molar-refractivity contribution < 1.29 is 57.6 Å². The second-order valence-corrected chi connectivity index (χ2v) is 13.3. The molecule has 4 unspecified atom stereocenters. The standard InChI is InChI=1S/C30H45N3O12S/c1-9-18(10-2)45-30(40)44-14-42-28(38)23-24(16(5)22-21(17(6)34)26(36)33(22)23)46-19-11-20(25(35)31(7)8)32(12-19)29(39)43-13-41-27(37)15(3)4/h15-22,34H,9-14H2,1-8H3/t16-,17-,19?,20?,21?,22?/m1/s1. The smallest absolute Gasteiger partial charge is 0.431 e. The Hall–Kier alpha value is -3.53. The zero-order chi connectivity index (χ0) is 34.5. The Morgan fingerprint density at radius 1 is 1.00 bits per heavy atom. The Labute approximate surface area is 272 Å². The van der Waals surface area contributed by atoms with Crippen LogP contribution in [-0.4, -0.2) is 120 Å². The molecule has 0 aromatic heterocycles. The number of rotatable bonds is 13. The van der Waals surface area contributed by atoms with E-state index < -0.39 is 84.9 Å². The van der Waals surface area contributed by atoms with E-state index in [-0.39, 0.29) is 30.7 Å². The van der Waals surface area contributed by atoms with Crippen LogP contribution in [-0.2, 0) is 42.9 Å². The summed E-state index contributed by atoms with van der Waals surface area (Å²) in [6.45, 7) is 8.99. The molecule has 3 aliphatic heterocycles. The van der Waals surface area contributed by atoms with Gasteiger partial charge in [0.05, 0.1) is 24.0 Å². The number of amides is 3. The van der Waals surface area contributed by atoms with E-state index in [1.165, 1.54) is 33.4 Å². The van der Waals surface area contributed by atoms with Gasteiger partial charge in [0.15, 0.2) is 0 Å². The summed E-state index contributed by atoms with van der Waals surface area (Å²) in [7, 11) is 3.11. The van der Waals surface area contributed by atoms with E-state index in [4.69, 9.17) is 23.7 Å². The van der Waals surface area contributed by atoms with Crippen LogP contribution in [0.15, 0.2) is 10.6 Å². The molecule has 15 nitrogen and oxygen atoms in total. The Balaban J connectivity index is 1.80. The van der Waals surface area contributed by atoms with E-state index >= 15 is 0 Å². The molecule has 0 aromatic carbocycles. The monoisotopic (exact) mass is 671 g/mol. The molecule has 258 valence electrons. The first-order chi connectivity index (χ1) is 21.6. The SMILES string of the molecule is CCC(CC)OC(=O)OCOC(=O)C1=C(SC2CC(C(=O)N(C)C)N(C(=O)OCOC(=O)C(C)C)C2)[C@H](C)C2C([C@@H](C)O)C(=O)N12. The number of nitrogens with zero attached hydrogens (tertiary/aromatic N) is 3. The summed E-state index contributed by atoms with van der Waals surface area (Å²) in [5.74, 6) is -3.81. The molecule has 16 heteroatoms. The van der Waals surface area contributed by atoms with Gasteiger partial charge in [-0.2, -0.15) is 0 Å². The van der Waals surface area contributed by atoms with Crippen LogP contribution < -0.4 is 0 Å². The van der Waals surface area contributed by atoms with Crippen molar-refractivity contribution in [3.8, 4) is 0 Å². The number of likely N-dealkylation sites (N-methyl/N-ethyl adjacent to an activating group) is 1. The van der Waals surface area contributed by atoms with E-state index in [0.29, 0.717) is 17.7 Å². The summed E-state index contributed by atoms with van der Waals surface area (Å²) in [4.78, 5) is 80.7. The first-order valence-corrected chi connectivity index (χ1v) is 16.3. The molecule has 3 rings (SSSR count). The average molecular weight is 672 g/mol. The van der Waals surface area contributed by atoms with Crippen molar-refractivity contribution in [2.45, 2.75) is 90.3 Å². The van der Waals surface area contributed by atoms with Gasteiger partial charge in [-0.1, -0.05) is 34.6 Å². The molecule has 6 atom stereocenters. The van der Waals surface area contributed by atoms with Crippen LogP contribution in [0, 0.1) is 17.8 Å². The molecule has 46 heavy (non-hydrogen) atoms. The Kier molecular flexibility index (Phi) is 12.7. The predicted molar refractivity (Wildman–Crippen MR) is 162 cm³/mol.